The van der Waals surface area contributed by atoms with E-state index in [1.165, 1.54) is 0 Å². The fraction of sp³-hybridized carbons (Fsp3) is 0.0870. The summed E-state index contributed by atoms with van der Waals surface area (Å²) in [5, 5.41) is 0. The first-order valence-electron chi connectivity index (χ1n) is 9.33. The molecule has 2 aromatic heterocycles. The second-order valence-corrected chi connectivity index (χ2v) is 6.80. The average molecular weight is 398 g/mol. The summed E-state index contributed by atoms with van der Waals surface area (Å²) in [4.78, 5) is 45.2. The van der Waals surface area contributed by atoms with Gasteiger partial charge in [0.2, 0.25) is 0 Å². The van der Waals surface area contributed by atoms with E-state index in [2.05, 4.69) is 9.97 Å². The topological polar surface area (TPSA) is 86.9 Å². The summed E-state index contributed by atoms with van der Waals surface area (Å²) in [6.45, 7) is 0.393. The van der Waals surface area contributed by atoms with Crippen LogP contribution in [0.3, 0.4) is 0 Å². The number of carbonyl (C=O) groups is 3. The van der Waals surface area contributed by atoms with Crippen molar-refractivity contribution in [3.8, 4) is 0 Å². The van der Waals surface area contributed by atoms with Gasteiger partial charge < -0.3 is 9.13 Å². The summed E-state index contributed by atoms with van der Waals surface area (Å²) in [5.41, 5.74) is 2.01. The normalized spacial score (nSPS) is 10.7. The van der Waals surface area contributed by atoms with Crippen LogP contribution in [0.5, 0.6) is 0 Å². The lowest BCUT2D eigenvalue weighted by atomic mass is 9.99. The summed E-state index contributed by atoms with van der Waals surface area (Å²) in [6, 6.07) is 13.2. The molecule has 148 valence electrons. The molecule has 0 saturated heterocycles. The van der Waals surface area contributed by atoms with Gasteiger partial charge in [0.1, 0.15) is 0 Å². The Balaban J connectivity index is 1.42. The lowest BCUT2D eigenvalue weighted by molar-refractivity contribution is 0.0964. The van der Waals surface area contributed by atoms with Crippen LogP contribution in [0.2, 0.25) is 0 Å². The molecule has 0 spiro atoms. The molecule has 0 aliphatic carbocycles. The molecule has 0 saturated carbocycles. The number of imidazole rings is 2. The molecule has 4 aromatic rings. The maximum absolute atomic E-state index is 12.7. The standard InChI is InChI=1S/C23H18N4O3/c28-21(13-26-11-9-24-15-26)17-1-5-19(6-2-17)23(30)20-7-3-18(4-8-20)22(29)14-27-12-10-25-16-27/h1-12,15-16H,13-14H2. The zero-order valence-corrected chi connectivity index (χ0v) is 16.0. The van der Waals surface area contributed by atoms with Crippen LogP contribution in [-0.4, -0.2) is 36.5 Å². The van der Waals surface area contributed by atoms with E-state index in [9.17, 15) is 14.4 Å². The van der Waals surface area contributed by atoms with Crippen molar-refractivity contribution in [2.24, 2.45) is 0 Å². The van der Waals surface area contributed by atoms with Gasteiger partial charge in [-0.2, -0.15) is 0 Å². The average Bonchev–Trinajstić information content (AvgIpc) is 3.48. The maximum Gasteiger partial charge on any atom is 0.193 e. The summed E-state index contributed by atoms with van der Waals surface area (Å²) < 4.78 is 3.38. The number of aromatic nitrogens is 4. The molecule has 4 rings (SSSR count). The smallest absolute Gasteiger partial charge is 0.193 e. The lowest BCUT2D eigenvalue weighted by Gasteiger charge is -2.06. The van der Waals surface area contributed by atoms with E-state index in [0.29, 0.717) is 22.3 Å². The quantitative estimate of drug-likeness (QED) is 0.426. The van der Waals surface area contributed by atoms with Crippen molar-refractivity contribution >= 4 is 17.3 Å². The Morgan fingerprint density at radius 3 is 1.30 bits per heavy atom. The maximum atomic E-state index is 12.7. The molecule has 0 amide bonds. The van der Waals surface area contributed by atoms with Gasteiger partial charge in [-0.05, 0) is 0 Å². The third-order valence-corrected chi connectivity index (χ3v) is 4.71. The molecule has 0 unspecified atom stereocenters. The minimum Gasteiger partial charge on any atom is -0.330 e. The summed E-state index contributed by atoms with van der Waals surface area (Å²) in [6.07, 6.45) is 9.84. The molecule has 2 aromatic carbocycles. The van der Waals surface area contributed by atoms with Gasteiger partial charge in [-0.25, -0.2) is 9.97 Å². The molecule has 0 atom stereocenters. The van der Waals surface area contributed by atoms with Crippen LogP contribution in [0.25, 0.3) is 0 Å². The van der Waals surface area contributed by atoms with Crippen LogP contribution in [0.15, 0.2) is 86.0 Å². The van der Waals surface area contributed by atoms with Crippen molar-refractivity contribution in [3.05, 3.63) is 108 Å². The molecule has 2 heterocycles. The molecule has 0 radical (unpaired) electrons. The first-order chi connectivity index (χ1) is 14.6. The van der Waals surface area contributed by atoms with Gasteiger partial charge in [-0.15, -0.1) is 0 Å². The van der Waals surface area contributed by atoms with Gasteiger partial charge in [0.15, 0.2) is 17.3 Å². The number of carbonyl (C=O) groups excluding carboxylic acids is 3. The van der Waals surface area contributed by atoms with Gasteiger partial charge in [-0.1, -0.05) is 48.5 Å². The Morgan fingerprint density at radius 2 is 0.967 bits per heavy atom. The largest absolute Gasteiger partial charge is 0.330 e. The molecule has 30 heavy (non-hydrogen) atoms. The predicted molar refractivity (Wildman–Crippen MR) is 109 cm³/mol. The van der Waals surface area contributed by atoms with Crippen molar-refractivity contribution in [2.75, 3.05) is 0 Å². The van der Waals surface area contributed by atoms with Crippen LogP contribution in [0, 0.1) is 0 Å². The number of rotatable bonds is 8. The molecule has 0 aliphatic heterocycles. The van der Waals surface area contributed by atoms with Crippen molar-refractivity contribution in [1.82, 2.24) is 19.1 Å². The van der Waals surface area contributed by atoms with Crippen LogP contribution in [0.4, 0.5) is 0 Å². The molecule has 7 heteroatoms. The van der Waals surface area contributed by atoms with Crippen LogP contribution in [-0.2, 0) is 13.1 Å². The Bertz CT molecular complexity index is 1070. The van der Waals surface area contributed by atoms with Gasteiger partial charge in [-0.3, -0.25) is 14.4 Å². The Morgan fingerprint density at radius 1 is 0.600 bits per heavy atom. The van der Waals surface area contributed by atoms with Gasteiger partial charge >= 0.3 is 0 Å². The minimum absolute atomic E-state index is 0.0623. The van der Waals surface area contributed by atoms with Crippen molar-refractivity contribution < 1.29 is 14.4 Å². The zero-order valence-electron chi connectivity index (χ0n) is 16.0. The third-order valence-electron chi connectivity index (χ3n) is 4.71. The molecule has 0 N–H and O–H groups in total. The molecular weight excluding hydrogens is 380 g/mol. The van der Waals surface area contributed by atoms with E-state index in [4.69, 9.17) is 0 Å². The van der Waals surface area contributed by atoms with Gasteiger partial charge in [0, 0.05) is 47.0 Å². The molecule has 0 fully saturated rings. The lowest BCUT2D eigenvalue weighted by Crippen LogP contribution is -2.10. The minimum atomic E-state index is -0.169. The van der Waals surface area contributed by atoms with Crippen molar-refractivity contribution in [1.29, 1.82) is 0 Å². The first kappa shape index (κ1) is 19.2. The number of ketones is 3. The molecule has 7 nitrogen and oxygen atoms in total. The van der Waals surface area contributed by atoms with Crippen LogP contribution < -0.4 is 0 Å². The van der Waals surface area contributed by atoms with Crippen LogP contribution >= 0.6 is 0 Å². The zero-order chi connectivity index (χ0) is 20.9. The molecule has 0 aliphatic rings. The first-order valence-corrected chi connectivity index (χ1v) is 9.33. The number of hydrogen-bond acceptors (Lipinski definition) is 5. The number of benzene rings is 2. The Labute approximate surface area is 172 Å². The Kier molecular flexibility index (Phi) is 5.43. The predicted octanol–water partition coefficient (Wildman–Crippen LogP) is 3.08. The van der Waals surface area contributed by atoms with Crippen molar-refractivity contribution in [2.45, 2.75) is 13.1 Å². The highest BCUT2D eigenvalue weighted by Crippen LogP contribution is 2.14. The Hall–Kier alpha value is -4.13. The SMILES string of the molecule is O=C(Cn1ccnc1)c1ccc(C(=O)c2ccc(C(=O)Cn3ccnc3)cc2)cc1. The summed E-state index contributed by atoms with van der Waals surface area (Å²) >= 11 is 0. The molecule has 0 bridgehead atoms. The second kappa shape index (κ2) is 8.48. The number of Topliss-reactive ketones (excluding diaryl/α,β-unsaturated/α-hetero) is 2. The van der Waals surface area contributed by atoms with E-state index in [0.717, 1.165) is 0 Å². The van der Waals surface area contributed by atoms with Crippen LogP contribution in [0.1, 0.15) is 36.6 Å². The second-order valence-electron chi connectivity index (χ2n) is 6.80. The fourth-order valence-electron chi connectivity index (χ4n) is 3.06. The van der Waals surface area contributed by atoms with Gasteiger partial charge in [0.25, 0.3) is 0 Å². The summed E-state index contributed by atoms with van der Waals surface area (Å²) in [5.74, 6) is -0.294. The number of hydrogen-bond donors (Lipinski definition) is 0. The summed E-state index contributed by atoms with van der Waals surface area (Å²) in [7, 11) is 0. The van der Waals surface area contributed by atoms with E-state index >= 15 is 0 Å². The highest BCUT2D eigenvalue weighted by Gasteiger charge is 2.13. The highest BCUT2D eigenvalue weighted by atomic mass is 16.1. The van der Waals surface area contributed by atoms with E-state index in [1.54, 1.807) is 95.1 Å². The molecular formula is C23H18N4O3. The highest BCUT2D eigenvalue weighted by molar-refractivity contribution is 6.10. The number of nitrogens with zero attached hydrogens (tertiary/aromatic N) is 4. The van der Waals surface area contributed by atoms with E-state index in [-0.39, 0.29) is 30.4 Å². The van der Waals surface area contributed by atoms with Gasteiger partial charge in [0.05, 0.1) is 25.7 Å². The van der Waals surface area contributed by atoms with Crippen molar-refractivity contribution in [3.63, 3.8) is 0 Å². The van der Waals surface area contributed by atoms with E-state index < -0.39 is 0 Å². The fourth-order valence-corrected chi connectivity index (χ4v) is 3.06. The third kappa shape index (κ3) is 4.30. The monoisotopic (exact) mass is 398 g/mol. The van der Waals surface area contributed by atoms with E-state index in [1.807, 2.05) is 0 Å².